The molecule has 1 aromatic heterocycles. The number of halogens is 5. The Morgan fingerprint density at radius 1 is 1.06 bits per heavy atom. The number of furan rings is 1. The van der Waals surface area contributed by atoms with Crippen LogP contribution in [0.25, 0.3) is 0 Å². The van der Waals surface area contributed by atoms with Crippen LogP contribution in [0.5, 0.6) is 0 Å². The van der Waals surface area contributed by atoms with E-state index < -0.39 is 17.6 Å². The number of hydrazone groups is 1. The van der Waals surface area contributed by atoms with E-state index in [4.69, 9.17) is 27.6 Å². The average Bonchev–Trinajstić information content (AvgIpc) is 3.08. The summed E-state index contributed by atoms with van der Waals surface area (Å²) in [6.45, 7) is 1.74. The highest BCUT2D eigenvalue weighted by atomic mass is 35.5. The zero-order valence-electron chi connectivity index (χ0n) is 17.3. The Hall–Kier alpha value is -2.97. The van der Waals surface area contributed by atoms with Crippen molar-refractivity contribution in [3.8, 4) is 0 Å². The van der Waals surface area contributed by atoms with Crippen LogP contribution in [0, 0.1) is 6.92 Å². The lowest BCUT2D eigenvalue weighted by Gasteiger charge is -2.14. The number of carbonyl (C=O) groups is 1. The summed E-state index contributed by atoms with van der Waals surface area (Å²) >= 11 is 12.0. The zero-order chi connectivity index (χ0) is 23.8. The van der Waals surface area contributed by atoms with Crippen molar-refractivity contribution >= 4 is 46.2 Å². The normalized spacial score (nSPS) is 14.8. The number of nitrogens with one attached hydrogen (secondary N) is 2. The van der Waals surface area contributed by atoms with Crippen LogP contribution in [0.4, 0.5) is 24.5 Å². The summed E-state index contributed by atoms with van der Waals surface area (Å²) in [4.78, 5) is 12.8. The quantitative estimate of drug-likeness (QED) is 0.372. The van der Waals surface area contributed by atoms with E-state index in [1.807, 2.05) is 0 Å². The predicted octanol–water partition coefficient (Wildman–Crippen LogP) is 7.32. The van der Waals surface area contributed by atoms with E-state index in [2.05, 4.69) is 15.8 Å². The minimum absolute atomic E-state index is 0.129. The molecule has 0 saturated carbocycles. The van der Waals surface area contributed by atoms with Gasteiger partial charge in [-0.05, 0) is 56.2 Å². The van der Waals surface area contributed by atoms with Crippen LogP contribution in [-0.2, 0) is 12.6 Å². The molecule has 33 heavy (non-hydrogen) atoms. The number of alkyl halides is 3. The van der Waals surface area contributed by atoms with E-state index in [-0.39, 0.29) is 11.4 Å². The van der Waals surface area contributed by atoms with Gasteiger partial charge in [-0.1, -0.05) is 29.3 Å². The van der Waals surface area contributed by atoms with Crippen molar-refractivity contribution in [1.82, 2.24) is 0 Å². The predicted molar refractivity (Wildman–Crippen MR) is 122 cm³/mol. The number of amides is 1. The minimum Gasteiger partial charge on any atom is -0.455 e. The summed E-state index contributed by atoms with van der Waals surface area (Å²) in [6, 6.07) is 9.48. The summed E-state index contributed by atoms with van der Waals surface area (Å²) in [5, 5.41) is 7.81. The van der Waals surface area contributed by atoms with Gasteiger partial charge in [0.2, 0.25) is 0 Å². The number of nitrogens with zero attached hydrogens (tertiary/aromatic N) is 1. The second kappa shape index (κ2) is 9.11. The molecule has 1 aliphatic rings. The molecule has 1 amide bonds. The molecule has 0 spiro atoms. The number of fused-ring (bicyclic) bond motifs is 1. The molecule has 0 fully saturated rings. The third-order valence-corrected chi connectivity index (χ3v) is 5.60. The third kappa shape index (κ3) is 5.17. The number of hydrogen-bond donors (Lipinski definition) is 2. The number of anilines is 2. The molecule has 0 bridgehead atoms. The molecule has 0 unspecified atom stereocenters. The van der Waals surface area contributed by atoms with Crippen molar-refractivity contribution in [2.75, 3.05) is 10.7 Å². The standard InChI is InChI=1S/C23H18Cl2F3N3O2/c1-12-20-18(31-30-16-5-2-4-13(8-16)23(26,27)28)6-3-7-19(20)33-21(12)22(32)29-17-10-14(24)9-15(25)11-17/h2,4-5,8-11,30H,3,6-7H2,1H3,(H,29,32)/b31-18+. The van der Waals surface area contributed by atoms with Crippen molar-refractivity contribution < 1.29 is 22.4 Å². The number of hydrogen-bond acceptors (Lipinski definition) is 4. The largest absolute Gasteiger partial charge is 0.455 e. The Labute approximate surface area is 197 Å². The van der Waals surface area contributed by atoms with E-state index in [0.29, 0.717) is 51.2 Å². The summed E-state index contributed by atoms with van der Waals surface area (Å²) < 4.78 is 44.7. The smallest absolute Gasteiger partial charge is 0.416 e. The van der Waals surface area contributed by atoms with Crippen LogP contribution < -0.4 is 10.7 Å². The Kier molecular flexibility index (Phi) is 6.41. The Morgan fingerprint density at radius 3 is 2.48 bits per heavy atom. The molecule has 2 aromatic carbocycles. The summed E-state index contributed by atoms with van der Waals surface area (Å²) in [7, 11) is 0. The lowest BCUT2D eigenvalue weighted by atomic mass is 9.93. The van der Waals surface area contributed by atoms with Gasteiger partial charge >= 0.3 is 6.18 Å². The van der Waals surface area contributed by atoms with Gasteiger partial charge in [-0.15, -0.1) is 0 Å². The van der Waals surface area contributed by atoms with Crippen molar-refractivity contribution in [2.24, 2.45) is 5.10 Å². The van der Waals surface area contributed by atoms with Gasteiger partial charge < -0.3 is 9.73 Å². The number of aryl methyl sites for hydroxylation is 1. The second-order valence-corrected chi connectivity index (χ2v) is 8.44. The molecule has 0 radical (unpaired) electrons. The highest BCUT2D eigenvalue weighted by molar-refractivity contribution is 6.35. The lowest BCUT2D eigenvalue weighted by Crippen LogP contribution is -2.14. The summed E-state index contributed by atoms with van der Waals surface area (Å²) in [5.74, 6) is 0.271. The van der Waals surface area contributed by atoms with E-state index in [9.17, 15) is 18.0 Å². The zero-order valence-corrected chi connectivity index (χ0v) is 18.8. The molecule has 10 heteroatoms. The van der Waals surface area contributed by atoms with Gasteiger partial charge in [-0.25, -0.2) is 0 Å². The first-order chi connectivity index (χ1) is 15.6. The van der Waals surface area contributed by atoms with E-state index in [0.717, 1.165) is 18.6 Å². The van der Waals surface area contributed by atoms with Crippen LogP contribution >= 0.6 is 23.2 Å². The minimum atomic E-state index is -4.44. The Morgan fingerprint density at radius 2 is 1.79 bits per heavy atom. The number of benzene rings is 2. The van der Waals surface area contributed by atoms with Crippen LogP contribution in [0.3, 0.4) is 0 Å². The molecule has 0 saturated heterocycles. The number of carbonyl (C=O) groups excluding carboxylic acids is 1. The van der Waals surface area contributed by atoms with Crippen LogP contribution in [0.2, 0.25) is 10.0 Å². The monoisotopic (exact) mass is 495 g/mol. The van der Waals surface area contributed by atoms with Gasteiger partial charge in [0.1, 0.15) is 5.76 Å². The summed E-state index contributed by atoms with van der Waals surface area (Å²) in [6.07, 6.45) is -2.51. The molecule has 0 atom stereocenters. The highest BCUT2D eigenvalue weighted by Gasteiger charge is 2.31. The van der Waals surface area contributed by atoms with Gasteiger partial charge in [0.25, 0.3) is 5.91 Å². The van der Waals surface area contributed by atoms with E-state index >= 15 is 0 Å². The first-order valence-corrected chi connectivity index (χ1v) is 10.8. The maximum atomic E-state index is 13.0. The average molecular weight is 496 g/mol. The third-order valence-electron chi connectivity index (χ3n) is 5.16. The van der Waals surface area contributed by atoms with E-state index in [1.165, 1.54) is 12.1 Å². The first kappa shape index (κ1) is 23.2. The van der Waals surface area contributed by atoms with E-state index in [1.54, 1.807) is 25.1 Å². The molecular formula is C23H18Cl2F3N3O2. The van der Waals surface area contributed by atoms with Gasteiger partial charge in [0.05, 0.1) is 17.0 Å². The Bertz CT molecular complexity index is 1230. The fraction of sp³-hybridized carbons (Fsp3) is 0.217. The van der Waals surface area contributed by atoms with Crippen molar-refractivity contribution in [3.05, 3.63) is 80.7 Å². The molecule has 5 nitrogen and oxygen atoms in total. The fourth-order valence-corrected chi connectivity index (χ4v) is 4.23. The van der Waals surface area contributed by atoms with Gasteiger partial charge in [0, 0.05) is 33.3 Å². The fourth-order valence-electron chi connectivity index (χ4n) is 3.71. The molecule has 4 rings (SSSR count). The highest BCUT2D eigenvalue weighted by Crippen LogP contribution is 2.33. The molecule has 3 aromatic rings. The van der Waals surface area contributed by atoms with Crippen LogP contribution in [0.1, 0.15) is 45.8 Å². The molecular weight excluding hydrogens is 478 g/mol. The molecule has 172 valence electrons. The topological polar surface area (TPSA) is 66.6 Å². The molecule has 1 aliphatic carbocycles. The maximum Gasteiger partial charge on any atom is 0.416 e. The van der Waals surface area contributed by atoms with Gasteiger partial charge in [-0.2, -0.15) is 18.3 Å². The molecule has 2 N–H and O–H groups in total. The first-order valence-electron chi connectivity index (χ1n) is 10.0. The summed E-state index contributed by atoms with van der Waals surface area (Å²) in [5.41, 5.74) is 4.47. The maximum absolute atomic E-state index is 13.0. The SMILES string of the molecule is Cc1c(C(=O)Nc2cc(Cl)cc(Cl)c2)oc2c1/C(=N/Nc1cccc(C(F)(F)F)c1)CCC2. The van der Waals surface area contributed by atoms with Crippen LogP contribution in [-0.4, -0.2) is 11.6 Å². The van der Waals surface area contributed by atoms with Crippen molar-refractivity contribution in [2.45, 2.75) is 32.4 Å². The molecule has 0 aliphatic heterocycles. The second-order valence-electron chi connectivity index (χ2n) is 7.57. The lowest BCUT2D eigenvalue weighted by molar-refractivity contribution is -0.137. The van der Waals surface area contributed by atoms with Crippen molar-refractivity contribution in [3.63, 3.8) is 0 Å². The van der Waals surface area contributed by atoms with Crippen molar-refractivity contribution in [1.29, 1.82) is 0 Å². The number of rotatable bonds is 4. The van der Waals surface area contributed by atoms with Gasteiger partial charge in [-0.3, -0.25) is 10.2 Å². The Balaban J connectivity index is 1.59. The van der Waals surface area contributed by atoms with Crippen LogP contribution in [0.15, 0.2) is 52.0 Å². The van der Waals surface area contributed by atoms with Gasteiger partial charge in [0.15, 0.2) is 5.76 Å². The molecule has 1 heterocycles.